The molecule has 1 aliphatic rings. The van der Waals surface area contributed by atoms with Crippen molar-refractivity contribution in [2.45, 2.75) is 38.0 Å². The van der Waals surface area contributed by atoms with Gasteiger partial charge in [-0.3, -0.25) is 4.55 Å². The summed E-state index contributed by atoms with van der Waals surface area (Å²) in [5.74, 6) is 0.123. The Labute approximate surface area is 202 Å². The molecule has 0 fully saturated rings. The topological polar surface area (TPSA) is 72.2 Å². The van der Waals surface area contributed by atoms with E-state index < -0.39 is 10.1 Å². The molecule has 0 saturated carbocycles. The summed E-state index contributed by atoms with van der Waals surface area (Å²) >= 11 is 18.8. The lowest BCUT2D eigenvalue weighted by molar-refractivity contribution is 0.494. The van der Waals surface area contributed by atoms with Gasteiger partial charge in [-0.15, -0.1) is 0 Å². The minimum atomic E-state index is -4.28. The predicted octanol–water partition coefficient (Wildman–Crippen LogP) is 6.74. The van der Waals surface area contributed by atoms with E-state index >= 15 is 0 Å². The van der Waals surface area contributed by atoms with E-state index in [-0.39, 0.29) is 5.92 Å². The molecule has 1 unspecified atom stereocenters. The zero-order valence-electron chi connectivity index (χ0n) is 17.0. The molecular weight excluding hydrogens is 491 g/mol. The van der Waals surface area contributed by atoms with Gasteiger partial charge in [0.15, 0.2) is 0 Å². The van der Waals surface area contributed by atoms with Crippen molar-refractivity contribution >= 4 is 51.0 Å². The largest absolute Gasteiger partial charge is 0.287 e. The first kappa shape index (κ1) is 23.3. The Hall–Kier alpha value is -1.83. The van der Waals surface area contributed by atoms with Crippen LogP contribution in [0, 0.1) is 0 Å². The van der Waals surface area contributed by atoms with E-state index in [0.29, 0.717) is 26.4 Å². The molecule has 2 aromatic carbocycles. The van der Waals surface area contributed by atoms with E-state index in [1.165, 1.54) is 6.08 Å². The number of hydrogen-bond donors (Lipinski definition) is 1. The molecule has 0 spiro atoms. The number of halogens is 3. The summed E-state index contributed by atoms with van der Waals surface area (Å²) in [5.41, 5.74) is 4.22. The van der Waals surface area contributed by atoms with Crippen LogP contribution in [0.5, 0.6) is 0 Å². The van der Waals surface area contributed by atoms with Gasteiger partial charge in [0.2, 0.25) is 0 Å². The van der Waals surface area contributed by atoms with Gasteiger partial charge >= 0.3 is 0 Å². The SMILES string of the molecule is O=S(=O)(O)/C=C/c1nn(-c2ccc(Cl)cc2Cl)c2c1CCCCC2Cc1cccc(Cl)c1. The fourth-order valence-corrected chi connectivity index (χ4v) is 5.26. The van der Waals surface area contributed by atoms with E-state index in [4.69, 9.17) is 39.9 Å². The van der Waals surface area contributed by atoms with Crippen molar-refractivity contribution < 1.29 is 13.0 Å². The molecule has 9 heteroatoms. The van der Waals surface area contributed by atoms with Crippen LogP contribution in [0.4, 0.5) is 0 Å². The van der Waals surface area contributed by atoms with Gasteiger partial charge in [-0.1, -0.05) is 53.4 Å². The van der Waals surface area contributed by atoms with Crippen LogP contribution in [-0.2, 0) is 23.0 Å². The second-order valence-electron chi connectivity index (χ2n) is 7.85. The van der Waals surface area contributed by atoms with Crippen LogP contribution >= 0.6 is 34.8 Å². The zero-order chi connectivity index (χ0) is 22.9. The van der Waals surface area contributed by atoms with Gasteiger partial charge in [-0.05, 0) is 67.7 Å². The molecule has 0 aliphatic heterocycles. The third-order valence-corrected chi connectivity index (χ3v) is 6.83. The maximum atomic E-state index is 11.3. The van der Waals surface area contributed by atoms with Crippen molar-refractivity contribution in [3.8, 4) is 5.69 Å². The highest BCUT2D eigenvalue weighted by molar-refractivity contribution is 7.88. The number of fused-ring (bicyclic) bond motifs is 1. The lowest BCUT2D eigenvalue weighted by Crippen LogP contribution is -2.11. The quantitative estimate of drug-likeness (QED) is 0.304. The molecule has 1 N–H and O–H groups in total. The summed E-state index contributed by atoms with van der Waals surface area (Å²) in [7, 11) is -4.28. The molecule has 1 heterocycles. The van der Waals surface area contributed by atoms with Crippen molar-refractivity contribution in [3.63, 3.8) is 0 Å². The highest BCUT2D eigenvalue weighted by Gasteiger charge is 2.28. The molecule has 0 saturated heterocycles. The average molecular weight is 512 g/mol. The molecule has 0 bridgehead atoms. The first-order valence-corrected chi connectivity index (χ1v) is 12.8. The summed E-state index contributed by atoms with van der Waals surface area (Å²) in [6.45, 7) is 0. The standard InChI is InChI=1S/C23H21Cl3N2O3S/c24-17-6-3-4-15(13-17)12-16-5-1-2-7-19-21(10-11-32(29,30)31)27-28(23(16)19)22-9-8-18(25)14-20(22)26/h3-4,6,8-11,13-14,16H,1-2,5,7,12H2,(H,29,30,31)/b11-10+. The van der Waals surface area contributed by atoms with Gasteiger partial charge in [0.25, 0.3) is 10.1 Å². The molecule has 1 aliphatic carbocycles. The van der Waals surface area contributed by atoms with Gasteiger partial charge < -0.3 is 0 Å². The number of nitrogens with zero attached hydrogens (tertiary/aromatic N) is 2. The Morgan fingerprint density at radius 2 is 1.88 bits per heavy atom. The number of hydrogen-bond acceptors (Lipinski definition) is 3. The number of aromatic nitrogens is 2. The molecular formula is C23H21Cl3N2O3S. The van der Waals surface area contributed by atoms with Crippen LogP contribution < -0.4 is 0 Å². The molecule has 1 atom stereocenters. The molecule has 4 rings (SSSR count). The van der Waals surface area contributed by atoms with Crippen molar-refractivity contribution in [2.75, 3.05) is 0 Å². The highest BCUT2D eigenvalue weighted by Crippen LogP contribution is 2.38. The van der Waals surface area contributed by atoms with E-state index in [2.05, 4.69) is 0 Å². The second kappa shape index (κ2) is 9.57. The Morgan fingerprint density at radius 3 is 2.59 bits per heavy atom. The number of rotatable bonds is 5. The first-order chi connectivity index (χ1) is 15.2. The normalized spacial score (nSPS) is 16.8. The minimum Gasteiger partial charge on any atom is -0.282 e. The summed E-state index contributed by atoms with van der Waals surface area (Å²) in [6.07, 6.45) is 5.76. The molecule has 1 aromatic heterocycles. The third kappa shape index (κ3) is 5.38. The predicted molar refractivity (Wildman–Crippen MR) is 130 cm³/mol. The van der Waals surface area contributed by atoms with Crippen LogP contribution in [0.3, 0.4) is 0 Å². The summed E-state index contributed by atoms with van der Waals surface area (Å²) in [4.78, 5) is 0. The molecule has 5 nitrogen and oxygen atoms in total. The van der Waals surface area contributed by atoms with Crippen LogP contribution in [-0.4, -0.2) is 22.8 Å². The molecule has 0 amide bonds. The molecule has 32 heavy (non-hydrogen) atoms. The van der Waals surface area contributed by atoms with E-state index in [1.54, 1.807) is 22.9 Å². The average Bonchev–Trinajstić information content (AvgIpc) is 2.93. The fraction of sp³-hybridized carbons (Fsp3) is 0.261. The van der Waals surface area contributed by atoms with Gasteiger partial charge in [0, 0.05) is 21.5 Å². The van der Waals surface area contributed by atoms with Crippen LogP contribution in [0.25, 0.3) is 11.8 Å². The minimum absolute atomic E-state index is 0.123. The van der Waals surface area contributed by atoms with Gasteiger partial charge in [0.05, 0.1) is 27.5 Å². The third-order valence-electron chi connectivity index (χ3n) is 5.58. The van der Waals surface area contributed by atoms with Crippen LogP contribution in [0.1, 0.15) is 47.7 Å². The van der Waals surface area contributed by atoms with Crippen molar-refractivity contribution in [3.05, 3.63) is 85.5 Å². The van der Waals surface area contributed by atoms with E-state index in [9.17, 15) is 13.0 Å². The van der Waals surface area contributed by atoms with Crippen LogP contribution in [0.15, 0.2) is 47.9 Å². The second-order valence-corrected chi connectivity index (χ2v) is 10.4. The van der Waals surface area contributed by atoms with Crippen molar-refractivity contribution in [1.29, 1.82) is 0 Å². The molecule has 3 aromatic rings. The Kier molecular flexibility index (Phi) is 6.98. The summed E-state index contributed by atoms with van der Waals surface area (Å²) in [5, 5.41) is 7.11. The Balaban J connectivity index is 1.89. The first-order valence-electron chi connectivity index (χ1n) is 10.2. The number of benzene rings is 2. The van der Waals surface area contributed by atoms with Gasteiger partial charge in [0.1, 0.15) is 0 Å². The fourth-order valence-electron chi connectivity index (χ4n) is 4.25. The van der Waals surface area contributed by atoms with E-state index in [0.717, 1.165) is 54.3 Å². The maximum absolute atomic E-state index is 11.3. The van der Waals surface area contributed by atoms with Crippen molar-refractivity contribution in [2.24, 2.45) is 0 Å². The van der Waals surface area contributed by atoms with Gasteiger partial charge in [-0.25, -0.2) is 4.68 Å². The Morgan fingerprint density at radius 1 is 1.09 bits per heavy atom. The zero-order valence-corrected chi connectivity index (χ0v) is 20.1. The van der Waals surface area contributed by atoms with Crippen molar-refractivity contribution in [1.82, 2.24) is 9.78 Å². The monoisotopic (exact) mass is 510 g/mol. The smallest absolute Gasteiger partial charge is 0.282 e. The molecule has 168 valence electrons. The lowest BCUT2D eigenvalue weighted by Gasteiger charge is -2.19. The van der Waals surface area contributed by atoms with Crippen LogP contribution in [0.2, 0.25) is 15.1 Å². The maximum Gasteiger partial charge on any atom is 0.287 e. The summed E-state index contributed by atoms with van der Waals surface area (Å²) in [6, 6.07) is 13.0. The van der Waals surface area contributed by atoms with Gasteiger partial charge in [-0.2, -0.15) is 13.5 Å². The molecule has 0 radical (unpaired) electrons. The summed E-state index contributed by atoms with van der Waals surface area (Å²) < 4.78 is 33.7. The highest BCUT2D eigenvalue weighted by atomic mass is 35.5. The Bertz CT molecular complexity index is 1290. The van der Waals surface area contributed by atoms with E-state index in [1.807, 2.05) is 24.3 Å². The lowest BCUT2D eigenvalue weighted by atomic mass is 9.91.